The number of nitrogens with zero attached hydrogens (tertiary/aromatic N) is 5. The number of thiophene rings is 1. The summed E-state index contributed by atoms with van der Waals surface area (Å²) in [4.78, 5) is 14.5. The van der Waals surface area contributed by atoms with E-state index in [1.165, 1.54) is 12.1 Å². The zero-order valence-corrected chi connectivity index (χ0v) is 27.4. The van der Waals surface area contributed by atoms with Crippen LogP contribution in [0, 0.1) is 28.9 Å². The van der Waals surface area contributed by atoms with Crippen LogP contribution in [0.5, 0.6) is 11.8 Å². The molecule has 4 atom stereocenters. The maximum atomic E-state index is 17.3. The lowest BCUT2D eigenvalue weighted by molar-refractivity contribution is 0.00705. The first kappa shape index (κ1) is 29.6. The van der Waals surface area contributed by atoms with Gasteiger partial charge in [-0.05, 0) is 56.2 Å². The van der Waals surface area contributed by atoms with Gasteiger partial charge in [-0.15, -0.1) is 11.3 Å². The molecule has 9 rings (SSSR count). The summed E-state index contributed by atoms with van der Waals surface area (Å²) in [6, 6.07) is 4.87. The van der Waals surface area contributed by atoms with Crippen LogP contribution in [-0.2, 0) is 4.74 Å². The van der Waals surface area contributed by atoms with E-state index in [1.54, 1.807) is 0 Å². The molecule has 5 aliphatic rings. The van der Waals surface area contributed by atoms with Gasteiger partial charge in [-0.3, -0.25) is 4.90 Å². The van der Waals surface area contributed by atoms with Gasteiger partial charge in [0.1, 0.15) is 40.9 Å². The molecule has 0 radical (unpaired) electrons. The fraction of sp³-hybridized carbons (Fsp3) is 0.500. The van der Waals surface area contributed by atoms with Crippen molar-refractivity contribution in [3.8, 4) is 29.0 Å². The number of hydrogen-bond acceptors (Lipinski definition) is 10. The minimum absolute atomic E-state index is 0.00404. The van der Waals surface area contributed by atoms with Crippen molar-refractivity contribution in [1.82, 2.24) is 14.9 Å². The second-order valence-electron chi connectivity index (χ2n) is 13.7. The van der Waals surface area contributed by atoms with E-state index in [2.05, 4.69) is 22.8 Å². The molecule has 0 spiro atoms. The number of fused-ring (bicyclic) bond motifs is 3. The van der Waals surface area contributed by atoms with Crippen LogP contribution in [0.2, 0.25) is 5.02 Å². The first-order chi connectivity index (χ1) is 22.8. The van der Waals surface area contributed by atoms with E-state index < -0.39 is 11.6 Å². The molecule has 6 heterocycles. The summed E-state index contributed by atoms with van der Waals surface area (Å²) in [5, 5.41) is 10.7. The summed E-state index contributed by atoms with van der Waals surface area (Å²) in [6.45, 7) is 5.69. The van der Waals surface area contributed by atoms with Gasteiger partial charge in [0.2, 0.25) is 0 Å². The average molecular weight is 679 g/mol. The Morgan fingerprint density at radius 2 is 2.09 bits per heavy atom. The summed E-state index contributed by atoms with van der Waals surface area (Å²) < 4.78 is 51.7. The summed E-state index contributed by atoms with van der Waals surface area (Å²) in [5.41, 5.74) is 6.34. The van der Waals surface area contributed by atoms with Crippen LogP contribution in [0.25, 0.3) is 32.1 Å². The van der Waals surface area contributed by atoms with Crippen LogP contribution in [0.3, 0.4) is 0 Å². The van der Waals surface area contributed by atoms with Gasteiger partial charge in [-0.25, -0.2) is 8.78 Å². The SMILES string of the molecule is C[C@H]1CN2CCC[C@@]2(COc2nc3c4c(c(Cl)c(-c5ccc(F)c6sc(N)c(C#N)c56)c(F)c4n2)OC2CCOCC2N3C2CC2)C1. The molecule has 2 aromatic heterocycles. The van der Waals surface area contributed by atoms with Crippen LogP contribution in [-0.4, -0.2) is 71.5 Å². The molecule has 2 unspecified atom stereocenters. The smallest absolute Gasteiger partial charge is 0.319 e. The van der Waals surface area contributed by atoms with E-state index in [9.17, 15) is 5.26 Å². The number of halogens is 3. The van der Waals surface area contributed by atoms with Gasteiger partial charge in [0.25, 0.3) is 0 Å². The highest BCUT2D eigenvalue weighted by atomic mass is 35.5. The van der Waals surface area contributed by atoms with Crippen molar-refractivity contribution < 1.29 is 23.0 Å². The van der Waals surface area contributed by atoms with E-state index >= 15 is 8.78 Å². The van der Waals surface area contributed by atoms with Crippen molar-refractivity contribution in [2.45, 2.75) is 69.2 Å². The molecule has 4 aliphatic heterocycles. The zero-order chi connectivity index (χ0) is 32.2. The number of nitrogens with two attached hydrogens (primary N) is 1. The Hall–Kier alpha value is -3.50. The predicted octanol–water partition coefficient (Wildman–Crippen LogP) is 6.67. The van der Waals surface area contributed by atoms with Crippen LogP contribution in [0.1, 0.15) is 51.0 Å². The summed E-state index contributed by atoms with van der Waals surface area (Å²) in [7, 11) is 0. The molecule has 4 aromatic rings. The van der Waals surface area contributed by atoms with Gasteiger partial charge in [0, 0.05) is 30.0 Å². The number of aromatic nitrogens is 2. The zero-order valence-electron chi connectivity index (χ0n) is 25.8. The normalized spacial score (nSPS) is 27.0. The quantitative estimate of drug-likeness (QED) is 0.248. The van der Waals surface area contributed by atoms with Crippen molar-refractivity contribution in [2.24, 2.45) is 5.92 Å². The van der Waals surface area contributed by atoms with Crippen LogP contribution in [0.4, 0.5) is 19.6 Å². The third-order valence-corrected chi connectivity index (χ3v) is 12.1. The number of benzene rings is 2. The van der Waals surface area contributed by atoms with Gasteiger partial charge in [-0.1, -0.05) is 24.6 Å². The highest BCUT2D eigenvalue weighted by Crippen LogP contribution is 2.53. The molecule has 244 valence electrons. The minimum Gasteiger partial charge on any atom is -0.486 e. The van der Waals surface area contributed by atoms with Gasteiger partial charge >= 0.3 is 6.01 Å². The molecular weight excluding hydrogens is 646 g/mol. The van der Waals surface area contributed by atoms with E-state index in [0.717, 1.165) is 56.5 Å². The number of nitrogen functional groups attached to an aromatic ring is 1. The van der Waals surface area contributed by atoms with E-state index in [-0.39, 0.29) is 77.8 Å². The fourth-order valence-electron chi connectivity index (χ4n) is 8.57. The molecule has 2 aromatic carbocycles. The van der Waals surface area contributed by atoms with E-state index in [0.29, 0.717) is 43.4 Å². The van der Waals surface area contributed by atoms with Gasteiger partial charge in [-0.2, -0.15) is 15.2 Å². The average Bonchev–Trinajstić information content (AvgIpc) is 3.65. The molecule has 0 amide bonds. The highest BCUT2D eigenvalue weighted by molar-refractivity contribution is 7.23. The topological polar surface area (TPSA) is 110 Å². The number of anilines is 2. The largest absolute Gasteiger partial charge is 0.486 e. The van der Waals surface area contributed by atoms with E-state index in [4.69, 9.17) is 41.5 Å². The molecule has 3 saturated heterocycles. The lowest BCUT2D eigenvalue weighted by Crippen LogP contribution is -2.52. The Morgan fingerprint density at radius 3 is 2.89 bits per heavy atom. The molecule has 47 heavy (non-hydrogen) atoms. The first-order valence-corrected chi connectivity index (χ1v) is 17.5. The number of rotatable bonds is 5. The molecule has 4 fully saturated rings. The third kappa shape index (κ3) is 4.43. The summed E-state index contributed by atoms with van der Waals surface area (Å²) in [6.07, 6.45) is 5.42. The van der Waals surface area contributed by atoms with Crippen LogP contribution >= 0.6 is 22.9 Å². The fourth-order valence-corrected chi connectivity index (χ4v) is 9.84. The Bertz CT molecular complexity index is 2020. The molecule has 0 bridgehead atoms. The predicted molar refractivity (Wildman–Crippen MR) is 176 cm³/mol. The Balaban J connectivity index is 1.28. The Morgan fingerprint density at radius 1 is 1.23 bits per heavy atom. The number of nitriles is 1. The molecule has 9 nitrogen and oxygen atoms in total. The van der Waals surface area contributed by atoms with Crippen molar-refractivity contribution in [2.75, 3.05) is 43.5 Å². The maximum absolute atomic E-state index is 17.3. The van der Waals surface area contributed by atoms with Crippen LogP contribution < -0.4 is 20.1 Å². The molecule has 13 heteroatoms. The molecule has 2 N–H and O–H groups in total. The minimum atomic E-state index is -0.723. The van der Waals surface area contributed by atoms with Gasteiger partial charge < -0.3 is 24.8 Å². The third-order valence-electron chi connectivity index (χ3n) is 10.7. The summed E-state index contributed by atoms with van der Waals surface area (Å²) in [5.74, 6) is 0.0767. The standard InChI is InChI=1S/C34H33ClF2N6O3S/c1-16-11-34(8-2-9-42(34)13-16)15-45-33-40-28-25-29(46-22-7-10-44-14-21(22)43(17-3-4-17)32(25)41-33)26(35)24(27(28)37)18-5-6-20(36)30-23(18)19(12-38)31(39)47-30/h5-6,16-17,21-22H,2-4,7-11,13-15,39H2,1H3/t16-,21?,22?,34+/m1/s1. The van der Waals surface area contributed by atoms with Crippen LogP contribution in [0.15, 0.2) is 12.1 Å². The second-order valence-corrected chi connectivity index (χ2v) is 15.2. The monoisotopic (exact) mass is 678 g/mol. The van der Waals surface area contributed by atoms with Gasteiger partial charge in [0.05, 0.1) is 45.5 Å². The molecule has 1 saturated carbocycles. The lowest BCUT2D eigenvalue weighted by Gasteiger charge is -2.38. The van der Waals surface area contributed by atoms with Crippen molar-refractivity contribution >= 4 is 54.7 Å². The number of ether oxygens (including phenoxy) is 3. The summed E-state index contributed by atoms with van der Waals surface area (Å²) >= 11 is 8.12. The highest BCUT2D eigenvalue weighted by Gasteiger charge is 2.49. The van der Waals surface area contributed by atoms with Gasteiger partial charge in [0.15, 0.2) is 11.6 Å². The van der Waals surface area contributed by atoms with E-state index in [1.807, 2.05) is 0 Å². The maximum Gasteiger partial charge on any atom is 0.319 e. The molecular formula is C34H33ClF2N6O3S. The molecule has 1 aliphatic carbocycles. The Labute approximate surface area is 279 Å². The Kier molecular flexibility index (Phi) is 6.78. The van der Waals surface area contributed by atoms with Crippen molar-refractivity contribution in [3.63, 3.8) is 0 Å². The number of hydrogen-bond donors (Lipinski definition) is 1. The lowest BCUT2D eigenvalue weighted by atomic mass is 9.92. The second kappa shape index (κ2) is 10.8. The first-order valence-electron chi connectivity index (χ1n) is 16.3. The van der Waals surface area contributed by atoms with Crippen molar-refractivity contribution in [1.29, 1.82) is 5.26 Å². The van der Waals surface area contributed by atoms with Crippen molar-refractivity contribution in [3.05, 3.63) is 34.4 Å².